The predicted molar refractivity (Wildman–Crippen MR) is 73.5 cm³/mol. The van der Waals surface area contributed by atoms with Crippen molar-refractivity contribution in [3.8, 4) is 6.07 Å². The van der Waals surface area contributed by atoms with Crippen molar-refractivity contribution in [3.63, 3.8) is 0 Å². The van der Waals surface area contributed by atoms with Crippen molar-refractivity contribution in [3.05, 3.63) is 27.9 Å². The minimum absolute atomic E-state index is 0.166. The second kappa shape index (κ2) is 8.04. The van der Waals surface area contributed by atoms with Crippen LogP contribution in [0.2, 0.25) is 0 Å². The van der Waals surface area contributed by atoms with Gasteiger partial charge in [-0.3, -0.25) is 10.1 Å². The fraction of sp³-hybridized carbons (Fsp3) is 0.500. The van der Waals surface area contributed by atoms with Crippen LogP contribution in [0.3, 0.4) is 0 Å². The molecule has 1 N–H and O–H groups in total. The first kappa shape index (κ1) is 15.8. The first-order chi connectivity index (χ1) is 9.58. The number of anilines is 1. The van der Waals surface area contributed by atoms with Crippen LogP contribution < -0.4 is 5.32 Å². The van der Waals surface area contributed by atoms with Gasteiger partial charge in [-0.25, -0.2) is 4.98 Å². The number of nitrogens with zero attached hydrogens (tertiary/aromatic N) is 4. The smallest absolute Gasteiger partial charge is 0.289 e. The molecule has 0 saturated heterocycles. The van der Waals surface area contributed by atoms with Crippen LogP contribution in [0.15, 0.2) is 12.3 Å². The van der Waals surface area contributed by atoms with E-state index in [9.17, 15) is 10.1 Å². The molecule has 0 fully saturated rings. The second-order valence-electron chi connectivity index (χ2n) is 4.18. The van der Waals surface area contributed by atoms with Crippen LogP contribution in [-0.2, 0) is 4.74 Å². The van der Waals surface area contributed by atoms with E-state index in [2.05, 4.69) is 15.2 Å². The molecule has 1 heterocycles. The second-order valence-corrected chi connectivity index (χ2v) is 4.18. The lowest BCUT2D eigenvalue weighted by Gasteiger charge is -2.16. The number of likely N-dealkylation sites (N-methyl/N-ethyl adjacent to an activating group) is 1. The molecule has 108 valence electrons. The van der Waals surface area contributed by atoms with E-state index in [1.54, 1.807) is 7.11 Å². The predicted octanol–water partition coefficient (Wildman–Crippen LogP) is 0.852. The monoisotopic (exact) mass is 279 g/mol. The average Bonchev–Trinajstić information content (AvgIpc) is 2.45. The van der Waals surface area contributed by atoms with Gasteiger partial charge in [0.05, 0.1) is 11.5 Å². The number of nitro groups is 1. The molecule has 0 bridgehead atoms. The summed E-state index contributed by atoms with van der Waals surface area (Å²) in [5.74, 6) is 0.359. The lowest BCUT2D eigenvalue weighted by atomic mass is 10.2. The number of rotatable bonds is 8. The molecule has 8 heteroatoms. The Morgan fingerprint density at radius 1 is 1.60 bits per heavy atom. The topological polar surface area (TPSA) is 104 Å². The zero-order valence-corrected chi connectivity index (χ0v) is 11.5. The van der Waals surface area contributed by atoms with E-state index in [4.69, 9.17) is 10.00 Å². The maximum atomic E-state index is 10.6. The fourth-order valence-electron chi connectivity index (χ4n) is 1.50. The highest BCUT2D eigenvalue weighted by atomic mass is 16.6. The Kier molecular flexibility index (Phi) is 6.36. The molecule has 0 saturated carbocycles. The summed E-state index contributed by atoms with van der Waals surface area (Å²) in [5, 5.41) is 22.6. The molecule has 0 aliphatic carbocycles. The van der Waals surface area contributed by atoms with Gasteiger partial charge in [-0.05, 0) is 7.05 Å². The Hall–Kier alpha value is -2.24. The number of hydrogen-bond donors (Lipinski definition) is 1. The highest BCUT2D eigenvalue weighted by Gasteiger charge is 2.11. The van der Waals surface area contributed by atoms with Crippen molar-refractivity contribution < 1.29 is 9.66 Å². The van der Waals surface area contributed by atoms with Crippen LogP contribution in [0, 0.1) is 21.4 Å². The number of aromatic nitrogens is 1. The third-order valence-electron chi connectivity index (χ3n) is 2.67. The zero-order chi connectivity index (χ0) is 15.0. The maximum Gasteiger partial charge on any atom is 0.289 e. The summed E-state index contributed by atoms with van der Waals surface area (Å²) in [6.45, 7) is 2.78. The molecule has 0 radical (unpaired) electrons. The maximum absolute atomic E-state index is 10.6. The van der Waals surface area contributed by atoms with E-state index in [1.807, 2.05) is 13.1 Å². The Morgan fingerprint density at radius 2 is 2.35 bits per heavy atom. The molecule has 8 nitrogen and oxygen atoms in total. The van der Waals surface area contributed by atoms with Gasteiger partial charge in [0.2, 0.25) is 0 Å². The van der Waals surface area contributed by atoms with E-state index >= 15 is 0 Å². The minimum Gasteiger partial charge on any atom is -0.383 e. The van der Waals surface area contributed by atoms with Crippen LogP contribution in [0.1, 0.15) is 5.56 Å². The van der Waals surface area contributed by atoms with E-state index in [1.165, 1.54) is 6.07 Å². The van der Waals surface area contributed by atoms with Crippen molar-refractivity contribution in [1.29, 1.82) is 5.26 Å². The number of nitrogens with one attached hydrogen (secondary N) is 1. The van der Waals surface area contributed by atoms with Crippen LogP contribution in [0.4, 0.5) is 11.5 Å². The van der Waals surface area contributed by atoms with E-state index in [0.717, 1.165) is 19.3 Å². The summed E-state index contributed by atoms with van der Waals surface area (Å²) < 4.78 is 4.97. The van der Waals surface area contributed by atoms with Gasteiger partial charge < -0.3 is 15.0 Å². The van der Waals surface area contributed by atoms with Crippen molar-refractivity contribution in [2.45, 2.75) is 0 Å². The van der Waals surface area contributed by atoms with Crippen LogP contribution >= 0.6 is 0 Å². The van der Waals surface area contributed by atoms with E-state index < -0.39 is 4.92 Å². The molecular weight excluding hydrogens is 262 g/mol. The van der Waals surface area contributed by atoms with Crippen molar-refractivity contribution in [1.82, 2.24) is 9.88 Å². The molecule has 0 aliphatic rings. The Labute approximate surface area is 117 Å². The molecular formula is C12H17N5O3. The van der Waals surface area contributed by atoms with E-state index in [0.29, 0.717) is 19.0 Å². The standard InChI is InChI=1S/C12H17N5O3/c1-16(5-6-20-2)4-3-14-12-10(8-13)7-11(9-15-12)17(18)19/h7,9H,3-6H2,1-2H3,(H,14,15). The summed E-state index contributed by atoms with van der Waals surface area (Å²) in [6.07, 6.45) is 1.14. The number of pyridine rings is 1. The Balaban J connectivity index is 2.56. The summed E-state index contributed by atoms with van der Waals surface area (Å²) in [5.41, 5.74) is -0.0249. The summed E-state index contributed by atoms with van der Waals surface area (Å²) in [6, 6.07) is 3.11. The normalized spacial score (nSPS) is 10.3. The molecule has 1 aromatic heterocycles. The van der Waals surface area contributed by atoms with Gasteiger partial charge >= 0.3 is 0 Å². The molecule has 0 aliphatic heterocycles. The highest BCUT2D eigenvalue weighted by molar-refractivity contribution is 5.55. The van der Waals surface area contributed by atoms with Gasteiger partial charge in [-0.1, -0.05) is 0 Å². The quantitative estimate of drug-likeness (QED) is 0.555. The molecule has 0 atom stereocenters. The molecule has 0 unspecified atom stereocenters. The number of hydrogen-bond acceptors (Lipinski definition) is 7. The molecule has 1 aromatic rings. The molecule has 0 spiro atoms. The van der Waals surface area contributed by atoms with Crippen molar-refractivity contribution >= 4 is 11.5 Å². The SMILES string of the molecule is COCCN(C)CCNc1ncc([N+](=O)[O-])cc1C#N. The lowest BCUT2D eigenvalue weighted by Crippen LogP contribution is -2.28. The average molecular weight is 279 g/mol. The van der Waals surface area contributed by atoms with Gasteiger partial charge in [0, 0.05) is 32.8 Å². The Bertz CT molecular complexity index is 500. The highest BCUT2D eigenvalue weighted by Crippen LogP contribution is 2.17. The molecule has 1 rings (SSSR count). The largest absolute Gasteiger partial charge is 0.383 e. The van der Waals surface area contributed by atoms with Gasteiger partial charge in [-0.15, -0.1) is 0 Å². The van der Waals surface area contributed by atoms with Crippen LogP contribution in [0.5, 0.6) is 0 Å². The summed E-state index contributed by atoms with van der Waals surface area (Å²) >= 11 is 0. The van der Waals surface area contributed by atoms with Gasteiger partial charge in [0.15, 0.2) is 0 Å². The number of ether oxygens (including phenoxy) is 1. The van der Waals surface area contributed by atoms with Gasteiger partial charge in [0.25, 0.3) is 5.69 Å². The van der Waals surface area contributed by atoms with Crippen molar-refractivity contribution in [2.75, 3.05) is 45.7 Å². The lowest BCUT2D eigenvalue weighted by molar-refractivity contribution is -0.385. The summed E-state index contributed by atoms with van der Waals surface area (Å²) in [7, 11) is 3.60. The van der Waals surface area contributed by atoms with E-state index in [-0.39, 0.29) is 11.3 Å². The van der Waals surface area contributed by atoms with Gasteiger partial charge in [-0.2, -0.15) is 5.26 Å². The van der Waals surface area contributed by atoms with Crippen LogP contribution in [-0.4, -0.2) is 55.2 Å². The summed E-state index contributed by atoms with van der Waals surface area (Å²) in [4.78, 5) is 16.0. The third-order valence-corrected chi connectivity index (χ3v) is 2.67. The molecule has 0 amide bonds. The molecule has 20 heavy (non-hydrogen) atoms. The minimum atomic E-state index is -0.573. The number of nitriles is 1. The van der Waals surface area contributed by atoms with Gasteiger partial charge in [0.1, 0.15) is 23.6 Å². The first-order valence-electron chi connectivity index (χ1n) is 6.04. The Morgan fingerprint density at radius 3 is 2.95 bits per heavy atom. The number of methoxy groups -OCH3 is 1. The molecule has 0 aromatic carbocycles. The van der Waals surface area contributed by atoms with Crippen LogP contribution in [0.25, 0.3) is 0 Å². The van der Waals surface area contributed by atoms with Crippen molar-refractivity contribution in [2.24, 2.45) is 0 Å². The fourth-order valence-corrected chi connectivity index (χ4v) is 1.50. The first-order valence-corrected chi connectivity index (χ1v) is 6.04. The zero-order valence-electron chi connectivity index (χ0n) is 11.5. The third kappa shape index (κ3) is 4.79.